The third-order valence-electron chi connectivity index (χ3n) is 0. The second kappa shape index (κ2) is 177. The largest absolute Gasteiger partial charge is 0 e. The van der Waals surface area contributed by atoms with E-state index in [4.69, 9.17) is 0 Å². The standard InChI is InChI=1S/2ClH.4Cu.6H2O/h2*1H;;;;;6*1H2/q;;;;;+2;;;;;;/p-2. The number of halogens is 2. The van der Waals surface area contributed by atoms with Crippen molar-refractivity contribution in [2.75, 3.05) is 0 Å². The van der Waals surface area contributed by atoms with E-state index in [9.17, 15) is 0 Å². The van der Waals surface area contributed by atoms with Gasteiger partial charge in [-0.05, 0) is 0 Å². The van der Waals surface area contributed by atoms with Gasteiger partial charge in [0.05, 0.1) is 0 Å². The van der Waals surface area contributed by atoms with Crippen LogP contribution in [0.2, 0.25) is 0 Å². The summed E-state index contributed by atoms with van der Waals surface area (Å²) in [5, 5.41) is 0. The van der Waals surface area contributed by atoms with Crippen molar-refractivity contribution >= 4 is 20.2 Å². The Labute approximate surface area is 116 Å². The molecule has 0 atom stereocenters. The molecule has 0 aromatic carbocycles. The van der Waals surface area contributed by atoms with Gasteiger partial charge in [-0.3, -0.25) is 0 Å². The molecule has 12 heteroatoms. The summed E-state index contributed by atoms with van der Waals surface area (Å²) in [7, 11) is 9.34. The van der Waals surface area contributed by atoms with Gasteiger partial charge in [0.1, 0.15) is 0 Å². The molecule has 0 spiro atoms. The summed E-state index contributed by atoms with van der Waals surface area (Å²) >= 11 is 0.757. The minimum Gasteiger partial charge on any atom is 0 e. The van der Waals surface area contributed by atoms with Gasteiger partial charge >= 0.3 is 33.3 Å². The summed E-state index contributed by atoms with van der Waals surface area (Å²) < 4.78 is 0. The SMILES string of the molecule is O.O.O.O.O.O.[Cl][Cu][Cl].[Cu].[Cu].[Cu]. The van der Waals surface area contributed by atoms with Gasteiger partial charge in [-0.1, -0.05) is 0 Å². The van der Waals surface area contributed by atoms with Gasteiger partial charge in [0.15, 0.2) is 0 Å². The molecule has 0 unspecified atom stereocenters. The first kappa shape index (κ1) is 133. The summed E-state index contributed by atoms with van der Waals surface area (Å²) in [6.45, 7) is 0. The van der Waals surface area contributed by atoms with E-state index < -0.39 is 0 Å². The average molecular weight is 433 g/mol. The summed E-state index contributed by atoms with van der Waals surface area (Å²) in [5.74, 6) is 0. The summed E-state index contributed by atoms with van der Waals surface area (Å²) in [5.41, 5.74) is 0. The summed E-state index contributed by atoms with van der Waals surface area (Å²) in [6.07, 6.45) is 0. The fourth-order valence-corrected chi connectivity index (χ4v) is 0. The Balaban J connectivity index is -0.000000000556. The fourth-order valence-electron chi connectivity index (χ4n) is 0. The average Bonchev–Trinajstić information content (AvgIpc) is 0.918. The van der Waals surface area contributed by atoms with Crippen LogP contribution in [0.15, 0.2) is 0 Å². The van der Waals surface area contributed by atoms with Gasteiger partial charge in [0.2, 0.25) is 0 Å². The second-order valence-corrected chi connectivity index (χ2v) is 1.60. The molecule has 0 saturated carbocycles. The van der Waals surface area contributed by atoms with Crippen molar-refractivity contribution in [2.45, 2.75) is 0 Å². The molecule has 106 valence electrons. The van der Waals surface area contributed by atoms with E-state index in [1.807, 2.05) is 0 Å². The Bertz CT molecular complexity index is 17.5. The van der Waals surface area contributed by atoms with Gasteiger partial charge in [-0.25, -0.2) is 0 Å². The fraction of sp³-hybridized carbons (Fsp3) is 0. The van der Waals surface area contributed by atoms with E-state index in [1.165, 1.54) is 0 Å². The van der Waals surface area contributed by atoms with Crippen molar-refractivity contribution in [1.29, 1.82) is 0 Å². The summed E-state index contributed by atoms with van der Waals surface area (Å²) in [4.78, 5) is 0. The van der Waals surface area contributed by atoms with Crippen molar-refractivity contribution in [1.82, 2.24) is 0 Å². The zero-order chi connectivity index (χ0) is 2.71. The molecule has 3 radical (unpaired) electrons. The van der Waals surface area contributed by atoms with Gasteiger partial charge < -0.3 is 32.9 Å². The predicted molar refractivity (Wildman–Crippen MR) is 33.4 cm³/mol. The maximum absolute atomic E-state index is 4.67. The van der Waals surface area contributed by atoms with Gasteiger partial charge in [0, 0.05) is 51.2 Å². The predicted octanol–water partition coefficient (Wildman–Crippen LogP) is -3.58. The molecular weight excluding hydrogens is 421 g/mol. The van der Waals surface area contributed by atoms with Crippen LogP contribution in [0.25, 0.3) is 0 Å². The quantitative estimate of drug-likeness (QED) is 0.342. The first-order valence-electron chi connectivity index (χ1n) is 0.228. The summed E-state index contributed by atoms with van der Waals surface area (Å²) in [6, 6.07) is 0. The molecular formula is H12Cl2Cu4O6. The van der Waals surface area contributed by atoms with E-state index in [1.54, 1.807) is 0 Å². The van der Waals surface area contributed by atoms with Crippen molar-refractivity contribution < 1.29 is 97.2 Å². The molecule has 0 aliphatic rings. The van der Waals surface area contributed by atoms with Crippen molar-refractivity contribution in [3.8, 4) is 0 Å². The molecule has 12 N–H and O–H groups in total. The van der Waals surface area contributed by atoms with E-state index >= 15 is 0 Å². The monoisotopic (exact) mass is 430 g/mol. The molecule has 6 nitrogen and oxygen atoms in total. The van der Waals surface area contributed by atoms with Crippen LogP contribution in [0.5, 0.6) is 0 Å². The van der Waals surface area contributed by atoms with Crippen molar-refractivity contribution in [3.63, 3.8) is 0 Å². The van der Waals surface area contributed by atoms with Crippen LogP contribution < -0.4 is 0 Å². The molecule has 0 amide bonds. The molecule has 12 heavy (non-hydrogen) atoms. The van der Waals surface area contributed by atoms with Crippen LogP contribution >= 0.6 is 20.2 Å². The molecule has 0 fully saturated rings. The Morgan fingerprint density at radius 1 is 0.500 bits per heavy atom. The number of rotatable bonds is 0. The maximum atomic E-state index is 4.67. The van der Waals surface area contributed by atoms with Crippen molar-refractivity contribution in [3.05, 3.63) is 0 Å². The topological polar surface area (TPSA) is 189 Å². The molecule has 0 aliphatic carbocycles. The molecule has 0 bridgehead atoms. The van der Waals surface area contributed by atoms with E-state index in [2.05, 4.69) is 20.2 Å². The van der Waals surface area contributed by atoms with Crippen LogP contribution in [0.4, 0.5) is 0 Å². The Hall–Kier alpha value is 2.42. The zero-order valence-electron chi connectivity index (χ0n) is 4.96. The molecule has 0 aliphatic heterocycles. The first-order valence-corrected chi connectivity index (χ1v) is 2.82. The third-order valence-corrected chi connectivity index (χ3v) is 0. The molecule has 0 rings (SSSR count). The molecule has 0 aromatic rings. The maximum Gasteiger partial charge on any atom is 0 e. The van der Waals surface area contributed by atoms with Gasteiger partial charge in [-0.2, -0.15) is 0 Å². The Morgan fingerprint density at radius 2 is 0.500 bits per heavy atom. The van der Waals surface area contributed by atoms with E-state index in [0.717, 1.165) is 13.1 Å². The smallest absolute Gasteiger partial charge is 0 e. The first-order chi connectivity index (χ1) is 1.41. The van der Waals surface area contributed by atoms with Crippen LogP contribution in [-0.2, 0) is 64.3 Å². The molecule has 0 saturated heterocycles. The molecule has 0 aromatic heterocycles. The second-order valence-electron chi connectivity index (χ2n) is 0.0431. The Morgan fingerprint density at radius 3 is 0.500 bits per heavy atom. The molecule has 0 heterocycles. The number of hydrogen-bond acceptors (Lipinski definition) is 0. The van der Waals surface area contributed by atoms with E-state index in [-0.39, 0.29) is 84.1 Å². The zero-order valence-corrected chi connectivity index (χ0v) is 10.2. The minimum atomic E-state index is 0. The normalized spacial score (nSPS) is 1.83. The van der Waals surface area contributed by atoms with Crippen LogP contribution in [-0.4, -0.2) is 32.9 Å². The van der Waals surface area contributed by atoms with Crippen LogP contribution in [0, 0.1) is 0 Å². The van der Waals surface area contributed by atoms with Crippen LogP contribution in [0.3, 0.4) is 0 Å². The Kier molecular flexibility index (Phi) is 1960. The van der Waals surface area contributed by atoms with Gasteiger partial charge in [-0.15, -0.1) is 0 Å². The minimum absolute atomic E-state index is 0. The van der Waals surface area contributed by atoms with Crippen molar-refractivity contribution in [2.24, 2.45) is 0 Å². The third kappa shape index (κ3) is 277. The van der Waals surface area contributed by atoms with E-state index in [0.29, 0.717) is 0 Å². The van der Waals surface area contributed by atoms with Crippen LogP contribution in [0.1, 0.15) is 0 Å². The number of hydrogen-bond donors (Lipinski definition) is 0. The van der Waals surface area contributed by atoms with Gasteiger partial charge in [0.25, 0.3) is 0 Å².